The third kappa shape index (κ3) is 1.58. The Labute approximate surface area is 95.4 Å². The SMILES string of the molecule is O=C1C=C(C2CCc3cccnc32)CCC1. The Bertz CT molecular complexity index is 462. The molecule has 82 valence electrons. The van der Waals surface area contributed by atoms with E-state index < -0.39 is 0 Å². The molecule has 1 aromatic heterocycles. The molecule has 0 aromatic carbocycles. The number of hydrogen-bond donors (Lipinski definition) is 0. The van der Waals surface area contributed by atoms with Gasteiger partial charge in [0.2, 0.25) is 0 Å². The van der Waals surface area contributed by atoms with Crippen molar-refractivity contribution in [2.24, 2.45) is 0 Å². The van der Waals surface area contributed by atoms with Crippen LogP contribution in [0.1, 0.15) is 42.9 Å². The highest BCUT2D eigenvalue weighted by Crippen LogP contribution is 2.39. The van der Waals surface area contributed by atoms with Crippen molar-refractivity contribution in [2.75, 3.05) is 0 Å². The van der Waals surface area contributed by atoms with Crippen LogP contribution in [0.2, 0.25) is 0 Å². The molecular formula is C14H15NO. The van der Waals surface area contributed by atoms with Gasteiger partial charge in [0.25, 0.3) is 0 Å². The summed E-state index contributed by atoms with van der Waals surface area (Å²) in [5, 5.41) is 0. The molecule has 0 fully saturated rings. The highest BCUT2D eigenvalue weighted by atomic mass is 16.1. The van der Waals surface area contributed by atoms with Gasteiger partial charge in [0.1, 0.15) is 0 Å². The standard InChI is InChI=1S/C14H15NO/c16-12-5-1-3-11(9-12)13-7-6-10-4-2-8-15-14(10)13/h2,4,8-9,13H,1,3,5-7H2. The summed E-state index contributed by atoms with van der Waals surface area (Å²) in [5.41, 5.74) is 3.89. The molecule has 1 unspecified atom stereocenters. The van der Waals surface area contributed by atoms with Crippen molar-refractivity contribution < 1.29 is 4.79 Å². The molecule has 0 N–H and O–H groups in total. The van der Waals surface area contributed by atoms with Crippen molar-refractivity contribution in [3.63, 3.8) is 0 Å². The topological polar surface area (TPSA) is 30.0 Å². The average Bonchev–Trinajstić information content (AvgIpc) is 2.72. The van der Waals surface area contributed by atoms with Gasteiger partial charge in [0, 0.05) is 18.5 Å². The number of hydrogen-bond acceptors (Lipinski definition) is 2. The molecule has 0 saturated heterocycles. The molecule has 1 aromatic rings. The highest BCUT2D eigenvalue weighted by Gasteiger charge is 2.28. The number of carbonyl (C=O) groups is 1. The van der Waals surface area contributed by atoms with Crippen LogP contribution < -0.4 is 0 Å². The Kier molecular flexibility index (Phi) is 2.35. The Balaban J connectivity index is 1.95. The zero-order chi connectivity index (χ0) is 11.0. The monoisotopic (exact) mass is 213 g/mol. The molecule has 0 amide bonds. The molecule has 1 atom stereocenters. The summed E-state index contributed by atoms with van der Waals surface area (Å²) < 4.78 is 0. The van der Waals surface area contributed by atoms with Gasteiger partial charge in [-0.3, -0.25) is 9.78 Å². The number of pyridine rings is 1. The number of rotatable bonds is 1. The number of aryl methyl sites for hydroxylation is 1. The van der Waals surface area contributed by atoms with Crippen molar-refractivity contribution in [1.29, 1.82) is 0 Å². The predicted molar refractivity (Wildman–Crippen MR) is 62.2 cm³/mol. The number of carbonyl (C=O) groups excluding carboxylic acids is 1. The first kappa shape index (κ1) is 9.76. The second-order valence-corrected chi connectivity index (χ2v) is 4.68. The van der Waals surface area contributed by atoms with E-state index in [9.17, 15) is 4.79 Å². The smallest absolute Gasteiger partial charge is 0.155 e. The largest absolute Gasteiger partial charge is 0.295 e. The minimum atomic E-state index is 0.297. The van der Waals surface area contributed by atoms with E-state index in [1.807, 2.05) is 18.3 Å². The quantitative estimate of drug-likeness (QED) is 0.718. The summed E-state index contributed by atoms with van der Waals surface area (Å²) in [7, 11) is 0. The van der Waals surface area contributed by atoms with Crippen LogP contribution in [0.4, 0.5) is 0 Å². The van der Waals surface area contributed by atoms with Crippen LogP contribution in [0.15, 0.2) is 30.0 Å². The minimum Gasteiger partial charge on any atom is -0.295 e. The first-order chi connectivity index (χ1) is 7.84. The average molecular weight is 213 g/mol. The fraction of sp³-hybridized carbons (Fsp3) is 0.429. The Morgan fingerprint density at radius 3 is 3.06 bits per heavy atom. The summed E-state index contributed by atoms with van der Waals surface area (Å²) in [5.74, 6) is 0.714. The molecule has 2 aliphatic rings. The summed E-state index contributed by atoms with van der Waals surface area (Å²) in [6.45, 7) is 0. The lowest BCUT2D eigenvalue weighted by Gasteiger charge is -2.18. The third-order valence-electron chi connectivity index (χ3n) is 3.64. The summed E-state index contributed by atoms with van der Waals surface area (Å²) in [6, 6.07) is 4.16. The van der Waals surface area contributed by atoms with Crippen molar-refractivity contribution in [3.05, 3.63) is 41.2 Å². The Morgan fingerprint density at radius 2 is 2.19 bits per heavy atom. The van der Waals surface area contributed by atoms with Gasteiger partial charge in [-0.2, -0.15) is 0 Å². The second kappa shape index (κ2) is 3.85. The van der Waals surface area contributed by atoms with Crippen molar-refractivity contribution in [1.82, 2.24) is 4.98 Å². The van der Waals surface area contributed by atoms with Gasteiger partial charge in [-0.05, 0) is 43.4 Å². The van der Waals surface area contributed by atoms with Gasteiger partial charge in [-0.25, -0.2) is 0 Å². The van der Waals surface area contributed by atoms with Crippen LogP contribution in [-0.4, -0.2) is 10.8 Å². The second-order valence-electron chi connectivity index (χ2n) is 4.68. The lowest BCUT2D eigenvalue weighted by atomic mass is 9.87. The van der Waals surface area contributed by atoms with Crippen molar-refractivity contribution in [3.8, 4) is 0 Å². The van der Waals surface area contributed by atoms with Gasteiger partial charge in [-0.15, -0.1) is 0 Å². The van der Waals surface area contributed by atoms with E-state index in [0.717, 1.165) is 32.1 Å². The molecule has 3 rings (SSSR count). The molecule has 1 heterocycles. The van der Waals surface area contributed by atoms with Crippen LogP contribution in [0, 0.1) is 0 Å². The van der Waals surface area contributed by atoms with Crippen molar-refractivity contribution in [2.45, 2.75) is 38.0 Å². The maximum absolute atomic E-state index is 11.4. The first-order valence-electron chi connectivity index (χ1n) is 6.01. The maximum Gasteiger partial charge on any atom is 0.155 e. The molecule has 2 nitrogen and oxygen atoms in total. The Hall–Kier alpha value is -1.44. The van der Waals surface area contributed by atoms with Crippen LogP contribution in [0.3, 0.4) is 0 Å². The van der Waals surface area contributed by atoms with Gasteiger partial charge >= 0.3 is 0 Å². The van der Waals surface area contributed by atoms with Gasteiger partial charge in [0.15, 0.2) is 5.78 Å². The number of allylic oxidation sites excluding steroid dienone is 2. The van der Waals surface area contributed by atoms with E-state index >= 15 is 0 Å². The normalized spacial score (nSPS) is 24.1. The van der Waals surface area contributed by atoms with E-state index in [1.165, 1.54) is 16.8 Å². The van der Waals surface area contributed by atoms with E-state index in [4.69, 9.17) is 0 Å². The van der Waals surface area contributed by atoms with E-state index in [2.05, 4.69) is 11.1 Å². The third-order valence-corrected chi connectivity index (χ3v) is 3.64. The molecule has 2 heteroatoms. The van der Waals surface area contributed by atoms with Crippen LogP contribution in [-0.2, 0) is 11.2 Å². The molecule has 2 aliphatic carbocycles. The summed E-state index contributed by atoms with van der Waals surface area (Å²) in [6.07, 6.45) is 8.80. The fourth-order valence-corrected chi connectivity index (χ4v) is 2.87. The molecule has 0 bridgehead atoms. The number of nitrogens with zero attached hydrogens (tertiary/aromatic N) is 1. The van der Waals surface area contributed by atoms with Crippen LogP contribution in [0.25, 0.3) is 0 Å². The molecule has 16 heavy (non-hydrogen) atoms. The van der Waals surface area contributed by atoms with Gasteiger partial charge < -0.3 is 0 Å². The Morgan fingerprint density at radius 1 is 1.25 bits per heavy atom. The zero-order valence-electron chi connectivity index (χ0n) is 9.28. The lowest BCUT2D eigenvalue weighted by Crippen LogP contribution is -2.09. The van der Waals surface area contributed by atoms with E-state index in [1.54, 1.807) is 0 Å². The maximum atomic E-state index is 11.4. The number of fused-ring (bicyclic) bond motifs is 1. The first-order valence-corrected chi connectivity index (χ1v) is 6.01. The van der Waals surface area contributed by atoms with E-state index in [0.29, 0.717) is 11.7 Å². The van der Waals surface area contributed by atoms with Gasteiger partial charge in [-0.1, -0.05) is 11.6 Å². The summed E-state index contributed by atoms with van der Waals surface area (Å²) in [4.78, 5) is 15.9. The zero-order valence-corrected chi connectivity index (χ0v) is 9.28. The summed E-state index contributed by atoms with van der Waals surface area (Å²) >= 11 is 0. The molecule has 0 saturated carbocycles. The molecule has 0 aliphatic heterocycles. The van der Waals surface area contributed by atoms with E-state index in [-0.39, 0.29) is 0 Å². The van der Waals surface area contributed by atoms with Crippen molar-refractivity contribution >= 4 is 5.78 Å². The highest BCUT2D eigenvalue weighted by molar-refractivity contribution is 5.91. The van der Waals surface area contributed by atoms with Crippen LogP contribution >= 0.6 is 0 Å². The van der Waals surface area contributed by atoms with Crippen LogP contribution in [0.5, 0.6) is 0 Å². The number of ketones is 1. The fourth-order valence-electron chi connectivity index (χ4n) is 2.87. The number of aromatic nitrogens is 1. The lowest BCUT2D eigenvalue weighted by molar-refractivity contribution is -0.115. The predicted octanol–water partition coefficient (Wildman–Crippen LogP) is 2.79. The molecule has 0 radical (unpaired) electrons. The molecular weight excluding hydrogens is 198 g/mol. The molecule has 0 spiro atoms. The van der Waals surface area contributed by atoms with Gasteiger partial charge in [0.05, 0.1) is 5.69 Å². The minimum absolute atomic E-state index is 0.297.